The zero-order chi connectivity index (χ0) is 87.9. The molecular weight excluding hydrogens is 1570 g/mol. The number of aliphatic hydroxyl groups is 11. The lowest BCUT2D eigenvalue weighted by molar-refractivity contribution is -0.282. The third-order valence-electron chi connectivity index (χ3n) is 20.6. The molecule has 0 bridgehead atoms. The number of unbranched alkanes of at least 4 members (excludes halogenated alkanes) is 10. The molecule has 4 heterocycles. The number of likely N-dealkylation sites (tertiary alicyclic amines) is 1. The number of ketones is 1. The maximum atomic E-state index is 12.7. The Balaban J connectivity index is 0.00000130. The SMILES string of the molecule is CC(=O)NC1C(OCCCCC(=O)NCCCNC(=O)CCOCC(C)(COCCC(=O)NCCCNC(=O)CCCCOC2OC(CO)C(O)C(O)C2C)COCCC(=O)NCCCNC(=O)CCCCOC2OC(CO)C(O)C(O)C2NC(C)=O)OC(CO)C(O)C1O.CCC(=O)CCCCCCCCCCC(=O)N1C[C@H](O)C[C@H]1CO. The highest BCUT2D eigenvalue weighted by atomic mass is 16.7. The van der Waals surface area contributed by atoms with Crippen LogP contribution in [0.5, 0.6) is 0 Å². The van der Waals surface area contributed by atoms with Crippen molar-refractivity contribution in [3.63, 3.8) is 0 Å². The Bertz CT molecular complexity index is 2760. The lowest BCUT2D eigenvalue weighted by Gasteiger charge is -2.42. The summed E-state index contributed by atoms with van der Waals surface area (Å²) in [5.74, 6) is -2.44. The number of carbonyl (C=O) groups excluding carboxylic acids is 10. The average molecular weight is 1710 g/mol. The highest BCUT2D eigenvalue weighted by Crippen LogP contribution is 2.29. The monoisotopic (exact) mass is 1710 g/mol. The van der Waals surface area contributed by atoms with E-state index in [2.05, 4.69) is 42.5 Å². The Morgan fingerprint density at radius 1 is 0.387 bits per heavy atom. The van der Waals surface area contributed by atoms with Crippen molar-refractivity contribution < 1.29 is 147 Å². The number of β-amino-alcohol motifs (C(OH)–C–C–N with tert-alkyl or cyclic N) is 1. The van der Waals surface area contributed by atoms with Gasteiger partial charge in [0.2, 0.25) is 53.2 Å². The minimum atomic E-state index is -1.43. The highest BCUT2D eigenvalue weighted by molar-refractivity contribution is 5.79. The lowest BCUT2D eigenvalue weighted by Crippen LogP contribution is -2.64. The Morgan fingerprint density at radius 2 is 0.706 bits per heavy atom. The van der Waals surface area contributed by atoms with Crippen LogP contribution >= 0.6 is 0 Å². The van der Waals surface area contributed by atoms with E-state index in [1.54, 1.807) is 11.8 Å². The molecule has 0 aromatic heterocycles. The topological polar surface area (TPSA) is 576 Å². The highest BCUT2D eigenvalue weighted by Gasteiger charge is 2.47. The zero-order valence-electron chi connectivity index (χ0n) is 70.7. The number of Topliss-reactive ketones (excluding diaryl/α,β-unsaturated/α-hetero) is 1. The molecule has 17 atom stereocenters. The summed E-state index contributed by atoms with van der Waals surface area (Å²) in [4.78, 5) is 123. The van der Waals surface area contributed by atoms with Crippen LogP contribution in [0, 0.1) is 11.3 Å². The first-order valence-electron chi connectivity index (χ1n) is 42.7. The third-order valence-corrected chi connectivity index (χ3v) is 20.6. The van der Waals surface area contributed by atoms with Gasteiger partial charge in [-0.1, -0.05) is 59.3 Å². The van der Waals surface area contributed by atoms with Crippen molar-refractivity contribution in [1.82, 2.24) is 47.4 Å². The number of ether oxygens (including phenoxy) is 9. The summed E-state index contributed by atoms with van der Waals surface area (Å²) in [7, 11) is 0. The molecular formula is C80H145N9O30. The van der Waals surface area contributed by atoms with E-state index in [9.17, 15) is 104 Å². The van der Waals surface area contributed by atoms with Crippen LogP contribution in [0.2, 0.25) is 0 Å². The predicted molar refractivity (Wildman–Crippen MR) is 428 cm³/mol. The van der Waals surface area contributed by atoms with Gasteiger partial charge in [0.15, 0.2) is 18.9 Å². The fourth-order valence-corrected chi connectivity index (χ4v) is 13.5. The van der Waals surface area contributed by atoms with Gasteiger partial charge >= 0.3 is 0 Å². The molecule has 39 heteroatoms. The minimum Gasteiger partial charge on any atom is -0.394 e. The van der Waals surface area contributed by atoms with Gasteiger partial charge in [0.05, 0.1) is 84.3 Å². The van der Waals surface area contributed by atoms with Gasteiger partial charge in [0, 0.05) is 149 Å². The van der Waals surface area contributed by atoms with E-state index in [1.807, 2.05) is 13.8 Å². The summed E-state index contributed by atoms with van der Waals surface area (Å²) >= 11 is 0. The normalized spacial score (nSPS) is 25.3. The van der Waals surface area contributed by atoms with Gasteiger partial charge in [-0.25, -0.2) is 0 Å². The van der Waals surface area contributed by atoms with E-state index in [1.165, 1.54) is 33.1 Å². The van der Waals surface area contributed by atoms with Crippen LogP contribution in [-0.4, -0.2) is 350 Å². The number of rotatable bonds is 63. The number of hydrogen-bond donors (Lipinski definition) is 19. The fraction of sp³-hybridized carbons (Fsp3) is 0.875. The van der Waals surface area contributed by atoms with Crippen LogP contribution in [0.1, 0.15) is 208 Å². The van der Waals surface area contributed by atoms with Crippen molar-refractivity contribution in [3.05, 3.63) is 0 Å². The summed E-state index contributed by atoms with van der Waals surface area (Å²) in [6.45, 7) is 9.34. The fourth-order valence-electron chi connectivity index (χ4n) is 13.5. The first-order chi connectivity index (χ1) is 57.0. The van der Waals surface area contributed by atoms with E-state index in [4.69, 9.17) is 42.6 Å². The van der Waals surface area contributed by atoms with E-state index in [0.717, 1.165) is 38.5 Å². The van der Waals surface area contributed by atoms with Gasteiger partial charge in [-0.05, 0) is 77.0 Å². The Morgan fingerprint density at radius 3 is 1.05 bits per heavy atom. The zero-order valence-corrected chi connectivity index (χ0v) is 70.7. The largest absolute Gasteiger partial charge is 0.394 e. The van der Waals surface area contributed by atoms with Gasteiger partial charge in [-0.15, -0.1) is 0 Å². The van der Waals surface area contributed by atoms with Crippen molar-refractivity contribution in [2.45, 2.75) is 306 Å². The second kappa shape index (κ2) is 63.1. The predicted octanol–water partition coefficient (Wildman–Crippen LogP) is -2.58. The number of nitrogens with one attached hydrogen (secondary N) is 8. The van der Waals surface area contributed by atoms with Gasteiger partial charge in [-0.2, -0.15) is 0 Å². The summed E-state index contributed by atoms with van der Waals surface area (Å²) in [5, 5.41) is 130. The molecule has 4 fully saturated rings. The first kappa shape index (κ1) is 107. The smallest absolute Gasteiger partial charge is 0.222 e. The molecule has 4 aliphatic rings. The number of aliphatic hydroxyl groups excluding tert-OH is 11. The lowest BCUT2D eigenvalue weighted by atomic mass is 9.92. The molecule has 0 aromatic carbocycles. The van der Waals surface area contributed by atoms with Crippen LogP contribution in [0.3, 0.4) is 0 Å². The molecule has 4 rings (SSSR count). The first-order valence-corrected chi connectivity index (χ1v) is 42.7. The van der Waals surface area contributed by atoms with Crippen molar-refractivity contribution in [1.29, 1.82) is 0 Å². The molecule has 4 saturated heterocycles. The second-order valence-electron chi connectivity index (χ2n) is 31.3. The van der Waals surface area contributed by atoms with Crippen LogP contribution in [-0.2, 0) is 90.6 Å². The quantitative estimate of drug-likeness (QED) is 0.0278. The molecule has 4 aliphatic heterocycles. The maximum Gasteiger partial charge on any atom is 0.222 e. The summed E-state index contributed by atoms with van der Waals surface area (Å²) < 4.78 is 51.4. The molecule has 9 amide bonds. The molecule has 19 N–H and O–H groups in total. The van der Waals surface area contributed by atoms with Crippen LogP contribution in [0.25, 0.3) is 0 Å². The van der Waals surface area contributed by atoms with Crippen molar-refractivity contribution in [2.24, 2.45) is 11.3 Å². The molecule has 0 aromatic rings. The Labute approximate surface area is 699 Å². The molecule has 39 nitrogen and oxygen atoms in total. The molecule has 0 aliphatic carbocycles. The van der Waals surface area contributed by atoms with Crippen molar-refractivity contribution >= 4 is 58.9 Å². The van der Waals surface area contributed by atoms with Crippen LogP contribution < -0.4 is 42.5 Å². The summed E-state index contributed by atoms with van der Waals surface area (Å²) in [6, 6.07) is -2.33. The number of nitrogens with zero attached hydrogens (tertiary/aromatic N) is 1. The van der Waals surface area contributed by atoms with E-state index in [-0.39, 0.29) is 165 Å². The molecule has 0 spiro atoms. The second-order valence-corrected chi connectivity index (χ2v) is 31.3. The summed E-state index contributed by atoms with van der Waals surface area (Å²) in [6.07, 6.45) is 1.38. The number of carbonyl (C=O) groups is 10. The molecule has 0 saturated carbocycles. The van der Waals surface area contributed by atoms with E-state index in [0.29, 0.717) is 116 Å². The van der Waals surface area contributed by atoms with E-state index >= 15 is 0 Å². The Kier molecular flexibility index (Phi) is 56.9. The van der Waals surface area contributed by atoms with Crippen molar-refractivity contribution in [3.8, 4) is 0 Å². The Hall–Kier alpha value is -5.90. The number of amides is 9. The van der Waals surface area contributed by atoms with Crippen LogP contribution in [0.15, 0.2) is 0 Å². The van der Waals surface area contributed by atoms with Crippen molar-refractivity contribution in [2.75, 3.05) is 132 Å². The molecule has 0 radical (unpaired) electrons. The summed E-state index contributed by atoms with van der Waals surface area (Å²) in [5.41, 5.74) is -0.775. The standard InChI is InChI=1S/C61H110N8O26.C19H35NO4/c1-38-52(81)53(82)41(32-70)93-58(38)90-26-8-5-14-44(75)62-20-11-23-65-47(78)17-29-87-35-61(4,36-88-30-18-48(79)66-24-12-21-63-45(76)15-6-9-27-91-59-50(68-39(2)73)56(85)54(83)42(33-71)94-59)37-89-31-19-49(80)67-25-13-22-64-46(77)16-7-10-28-92-60-51(69-40(3)74)57(86)55(84)43(34-72)95-60;1-2-17(22)11-9-7-5-3-4-6-8-10-12-19(24)20-14-18(23)13-16(20)15-21/h38,41-43,50-60,70-72,81-86H,5-37H2,1-4H3,(H,62,75)(H,63,76)(H,64,77)(H,65,78)(H,66,79)(H,67,80)(H,68,73)(H,69,74);16,18,21,23H,2-15H2,1H3/t;16-,18+/m.0/s1. The van der Waals surface area contributed by atoms with Crippen LogP contribution in [0.4, 0.5) is 0 Å². The third kappa shape index (κ3) is 45.4. The molecule has 119 heavy (non-hydrogen) atoms. The van der Waals surface area contributed by atoms with Gasteiger partial charge in [0.25, 0.3) is 0 Å². The average Bonchev–Trinajstić information content (AvgIpc) is 1.40. The van der Waals surface area contributed by atoms with Gasteiger partial charge in [-0.3, -0.25) is 47.9 Å². The molecule has 15 unspecified atom stereocenters. The maximum absolute atomic E-state index is 12.7. The van der Waals surface area contributed by atoms with Gasteiger partial charge < -0.3 is 146 Å². The van der Waals surface area contributed by atoms with E-state index < -0.39 is 135 Å². The van der Waals surface area contributed by atoms with Gasteiger partial charge in [0.1, 0.15) is 66.7 Å². The number of hydrogen-bond acceptors (Lipinski definition) is 30. The minimum absolute atomic E-state index is 0.0284. The molecule has 690 valence electrons.